The summed E-state index contributed by atoms with van der Waals surface area (Å²) in [6.07, 6.45) is 1.44. The van der Waals surface area contributed by atoms with E-state index in [1.165, 1.54) is 6.42 Å². The van der Waals surface area contributed by atoms with Crippen molar-refractivity contribution in [3.63, 3.8) is 0 Å². The Kier molecular flexibility index (Phi) is 7.55. The van der Waals surface area contributed by atoms with Crippen LogP contribution >= 0.6 is 17.7 Å². The van der Waals surface area contributed by atoms with Gasteiger partial charge in [-0.1, -0.05) is 0 Å². The molecule has 2 heteroatoms. The Morgan fingerprint density at radius 1 is 1.80 bits per heavy atom. The molecule has 0 heterocycles. The van der Waals surface area contributed by atoms with Gasteiger partial charge in [-0.15, -0.1) is 0 Å². The fourth-order valence-corrected chi connectivity index (χ4v) is 7.87. The quantitative estimate of drug-likeness (QED) is 0.517. The maximum absolute atomic E-state index is 2.61. The van der Waals surface area contributed by atoms with Crippen LogP contribution in [0.15, 0.2) is 0 Å². The Hall–Kier alpha value is 1.67. The Labute approximate surface area is 54.5 Å². The number of rotatable bonds is 2. The van der Waals surface area contributed by atoms with Crippen LogP contribution < -0.4 is 0 Å². The van der Waals surface area contributed by atoms with Gasteiger partial charge in [0, 0.05) is 0 Å². The van der Waals surface area contributed by atoms with Gasteiger partial charge in [-0.05, 0) is 0 Å². The summed E-state index contributed by atoms with van der Waals surface area (Å²) < 4.78 is 1.60. The monoisotopic (exact) mass is 372 g/mol. The van der Waals surface area contributed by atoms with Gasteiger partial charge in [0.25, 0.3) is 0 Å². The second-order valence-corrected chi connectivity index (χ2v) is 14.7. The summed E-state index contributed by atoms with van der Waals surface area (Å²) in [7, 11) is 0. The van der Waals surface area contributed by atoms with Crippen molar-refractivity contribution in [2.45, 2.75) is 17.3 Å². The number of hydrogen-bond acceptors (Lipinski definition) is 0. The van der Waals surface area contributed by atoms with Crippen molar-refractivity contribution < 1.29 is 20.2 Å². The van der Waals surface area contributed by atoms with Gasteiger partial charge in [-0.25, -0.2) is 0 Å². The van der Waals surface area contributed by atoms with E-state index in [1.54, 1.807) is 3.93 Å². The van der Waals surface area contributed by atoms with Gasteiger partial charge < -0.3 is 0 Å². The minimum absolute atomic E-state index is 0.174. The van der Waals surface area contributed by atoms with E-state index in [9.17, 15) is 0 Å². The Morgan fingerprint density at radius 3 is 2.40 bits per heavy atom. The Morgan fingerprint density at radius 2 is 2.40 bits per heavy atom. The SMILES string of the molecule is CC[CH2][Hg][I]. The summed E-state index contributed by atoms with van der Waals surface area (Å²) in [4.78, 5) is 0. The van der Waals surface area contributed by atoms with Gasteiger partial charge in [0.2, 0.25) is 0 Å². The molecule has 0 N–H and O–H groups in total. The zero-order chi connectivity index (χ0) is 4.12. The molecule has 0 aliphatic rings. The molecule has 0 aliphatic heterocycles. The van der Waals surface area contributed by atoms with Crippen molar-refractivity contribution in [2.24, 2.45) is 0 Å². The molecule has 0 aromatic heterocycles. The first-order chi connectivity index (χ1) is 2.41. The van der Waals surface area contributed by atoms with Crippen molar-refractivity contribution in [3.05, 3.63) is 0 Å². The van der Waals surface area contributed by atoms with Crippen LogP contribution in [-0.4, -0.2) is 0 Å². The standard InChI is InChI=1S/C3H7.Hg.HI/c1-3-2;;/h1,3H2,2H3;;1H/q;+1;/p-1. The molecule has 0 amide bonds. The molecule has 0 rings (SSSR count). The first-order valence-electron chi connectivity index (χ1n) is 1.97. The van der Waals surface area contributed by atoms with Crippen LogP contribution in [0.5, 0.6) is 0 Å². The molecule has 0 nitrogen and oxygen atoms in total. The zero-order valence-electron chi connectivity index (χ0n) is 3.50. The van der Waals surface area contributed by atoms with Gasteiger partial charge in [0.1, 0.15) is 0 Å². The van der Waals surface area contributed by atoms with Gasteiger partial charge in [-0.3, -0.25) is 0 Å². The molecule has 0 aromatic carbocycles. The first kappa shape index (κ1) is 6.67. The molecule has 0 saturated carbocycles. The van der Waals surface area contributed by atoms with Crippen molar-refractivity contribution >= 4 is 17.7 Å². The van der Waals surface area contributed by atoms with E-state index < -0.39 is 0 Å². The van der Waals surface area contributed by atoms with Crippen molar-refractivity contribution in [1.82, 2.24) is 0 Å². The van der Waals surface area contributed by atoms with Gasteiger partial charge in [0.15, 0.2) is 0 Å². The average molecular weight is 371 g/mol. The van der Waals surface area contributed by atoms with E-state index in [4.69, 9.17) is 0 Å². The van der Waals surface area contributed by atoms with Gasteiger partial charge in [0.05, 0.1) is 0 Å². The summed E-state index contributed by atoms with van der Waals surface area (Å²) in [6, 6.07) is 0. The fraction of sp³-hybridized carbons (Fsp3) is 1.00. The molecule has 0 saturated heterocycles. The van der Waals surface area contributed by atoms with Gasteiger partial charge >= 0.3 is 55.2 Å². The molecule has 0 atom stereocenters. The van der Waals surface area contributed by atoms with E-state index in [0.717, 1.165) is 0 Å². The normalized spacial score (nSPS) is 6.80. The predicted octanol–water partition coefficient (Wildman–Crippen LogP) is 2.25. The average Bonchev–Trinajstić information content (AvgIpc) is 1.41. The van der Waals surface area contributed by atoms with E-state index in [-0.39, 0.29) is 20.2 Å². The third-order valence-electron chi connectivity index (χ3n) is 0.487. The second kappa shape index (κ2) is 5.67. The van der Waals surface area contributed by atoms with E-state index in [0.29, 0.717) is 0 Å². The maximum atomic E-state index is 2.61. The molecule has 28 valence electrons. The van der Waals surface area contributed by atoms with Crippen LogP contribution in [0, 0.1) is 0 Å². The van der Waals surface area contributed by atoms with Crippen molar-refractivity contribution in [3.8, 4) is 0 Å². The number of hydrogen-bond donors (Lipinski definition) is 0. The van der Waals surface area contributed by atoms with Crippen LogP contribution in [0.3, 0.4) is 0 Å². The second-order valence-electron chi connectivity index (χ2n) is 1.04. The van der Waals surface area contributed by atoms with Crippen LogP contribution in [0.25, 0.3) is 0 Å². The third kappa shape index (κ3) is 5.67. The summed E-state index contributed by atoms with van der Waals surface area (Å²) in [5.41, 5.74) is 0. The van der Waals surface area contributed by atoms with Crippen molar-refractivity contribution in [2.75, 3.05) is 0 Å². The zero-order valence-corrected chi connectivity index (χ0v) is 11.2. The third-order valence-corrected chi connectivity index (χ3v) is 11.0. The summed E-state index contributed by atoms with van der Waals surface area (Å²) in [5, 5.41) is 0. The van der Waals surface area contributed by atoms with Crippen LogP contribution in [0.4, 0.5) is 0 Å². The molecule has 0 bridgehead atoms. The molecular weight excluding hydrogens is 364 g/mol. The molecule has 0 unspecified atom stereocenters. The van der Waals surface area contributed by atoms with Gasteiger partial charge in [-0.2, -0.15) is 0 Å². The Bertz CT molecular complexity index is 14.4. The molecular formula is C3H7HgI. The van der Waals surface area contributed by atoms with Crippen LogP contribution in [-0.2, 0) is 20.2 Å². The molecule has 0 aromatic rings. The predicted molar refractivity (Wildman–Crippen MR) is 29.1 cm³/mol. The molecule has 0 radical (unpaired) electrons. The van der Waals surface area contributed by atoms with E-state index in [2.05, 4.69) is 24.6 Å². The summed E-state index contributed by atoms with van der Waals surface area (Å²) in [6.45, 7) is 2.26. The van der Waals surface area contributed by atoms with Crippen LogP contribution in [0.2, 0.25) is 3.93 Å². The Balaban J connectivity index is 2.19. The van der Waals surface area contributed by atoms with E-state index in [1.807, 2.05) is 0 Å². The molecule has 0 fully saturated rings. The van der Waals surface area contributed by atoms with E-state index >= 15 is 0 Å². The topological polar surface area (TPSA) is 0 Å². The molecule has 0 spiro atoms. The molecule has 5 heavy (non-hydrogen) atoms. The summed E-state index contributed by atoms with van der Waals surface area (Å²) in [5.74, 6) is 0. The van der Waals surface area contributed by atoms with Crippen molar-refractivity contribution in [1.29, 1.82) is 0 Å². The molecule has 0 aliphatic carbocycles. The minimum atomic E-state index is -0.174. The summed E-state index contributed by atoms with van der Waals surface area (Å²) >= 11 is 2.44. The van der Waals surface area contributed by atoms with Crippen LogP contribution in [0.1, 0.15) is 13.3 Å². The fourth-order valence-electron chi connectivity index (χ4n) is 0.134. The number of halogens is 1. The first-order valence-corrected chi connectivity index (χ1v) is 21.3.